The van der Waals surface area contributed by atoms with Crippen molar-refractivity contribution in [2.45, 2.75) is 13.1 Å². The molecule has 1 aromatic heterocycles. The third kappa shape index (κ3) is 4.05. The number of nitrogens with zero attached hydrogens (tertiary/aromatic N) is 3. The standard InChI is InChI=1S/C21H23FN4O2/c1-28-19-7-6-15(12-17(19)22)13-25-8-10-26(11-9-25)14-20-23-18-5-3-2-4-16(18)21(27)24-20/h2-7,12H,8-11,13-14H2,1H3,(H,23,24,27). The number of fused-ring (bicyclic) bond motifs is 1. The minimum atomic E-state index is -0.329. The Morgan fingerprint density at radius 1 is 1.07 bits per heavy atom. The number of para-hydroxylation sites is 1. The van der Waals surface area contributed by atoms with Gasteiger partial charge in [0.1, 0.15) is 5.82 Å². The molecule has 0 amide bonds. The number of hydrogen-bond donors (Lipinski definition) is 1. The Morgan fingerprint density at radius 2 is 1.79 bits per heavy atom. The van der Waals surface area contributed by atoms with Crippen molar-refractivity contribution in [1.29, 1.82) is 0 Å². The summed E-state index contributed by atoms with van der Waals surface area (Å²) in [4.78, 5) is 24.3. The van der Waals surface area contributed by atoms with Crippen LogP contribution in [0.25, 0.3) is 10.9 Å². The zero-order valence-corrected chi connectivity index (χ0v) is 15.8. The van der Waals surface area contributed by atoms with Crippen LogP contribution in [0.1, 0.15) is 11.4 Å². The lowest BCUT2D eigenvalue weighted by Gasteiger charge is -2.34. The van der Waals surface area contributed by atoms with E-state index in [9.17, 15) is 9.18 Å². The summed E-state index contributed by atoms with van der Waals surface area (Å²) in [6.45, 7) is 4.83. The largest absolute Gasteiger partial charge is 0.494 e. The molecular weight excluding hydrogens is 359 g/mol. The number of ether oxygens (including phenoxy) is 1. The second-order valence-corrected chi connectivity index (χ2v) is 7.05. The monoisotopic (exact) mass is 382 g/mol. The molecule has 0 radical (unpaired) electrons. The Labute approximate surface area is 162 Å². The Kier molecular flexibility index (Phi) is 5.36. The molecule has 28 heavy (non-hydrogen) atoms. The van der Waals surface area contributed by atoms with Crippen molar-refractivity contribution in [3.8, 4) is 5.75 Å². The van der Waals surface area contributed by atoms with E-state index in [4.69, 9.17) is 4.74 Å². The lowest BCUT2D eigenvalue weighted by atomic mass is 10.2. The summed E-state index contributed by atoms with van der Waals surface area (Å²) in [6, 6.07) is 12.5. The van der Waals surface area contributed by atoms with Crippen molar-refractivity contribution < 1.29 is 9.13 Å². The maximum Gasteiger partial charge on any atom is 0.258 e. The Morgan fingerprint density at radius 3 is 2.50 bits per heavy atom. The van der Waals surface area contributed by atoms with Crippen molar-refractivity contribution >= 4 is 10.9 Å². The van der Waals surface area contributed by atoms with Gasteiger partial charge in [-0.2, -0.15) is 0 Å². The van der Waals surface area contributed by atoms with Crippen LogP contribution in [0.15, 0.2) is 47.3 Å². The Bertz CT molecular complexity index is 1030. The number of piperazine rings is 1. The van der Waals surface area contributed by atoms with E-state index >= 15 is 0 Å². The molecule has 0 spiro atoms. The summed E-state index contributed by atoms with van der Waals surface area (Å²) in [5.74, 6) is 0.629. The van der Waals surface area contributed by atoms with Crippen LogP contribution in [-0.4, -0.2) is 53.1 Å². The molecule has 0 unspecified atom stereocenters. The fourth-order valence-electron chi connectivity index (χ4n) is 3.59. The van der Waals surface area contributed by atoms with Gasteiger partial charge < -0.3 is 9.72 Å². The van der Waals surface area contributed by atoms with E-state index < -0.39 is 0 Å². The van der Waals surface area contributed by atoms with Crippen LogP contribution in [0.4, 0.5) is 4.39 Å². The minimum absolute atomic E-state index is 0.0965. The molecule has 1 N–H and O–H groups in total. The fraction of sp³-hybridized carbons (Fsp3) is 0.333. The van der Waals surface area contributed by atoms with Crippen LogP contribution in [0.5, 0.6) is 5.75 Å². The van der Waals surface area contributed by atoms with Crippen molar-refractivity contribution in [2.75, 3.05) is 33.3 Å². The highest BCUT2D eigenvalue weighted by molar-refractivity contribution is 5.77. The lowest BCUT2D eigenvalue weighted by molar-refractivity contribution is 0.120. The van der Waals surface area contributed by atoms with E-state index in [-0.39, 0.29) is 17.1 Å². The Hall–Kier alpha value is -2.77. The van der Waals surface area contributed by atoms with Gasteiger partial charge in [-0.3, -0.25) is 14.6 Å². The smallest absolute Gasteiger partial charge is 0.258 e. The zero-order valence-electron chi connectivity index (χ0n) is 15.8. The van der Waals surface area contributed by atoms with E-state index in [1.165, 1.54) is 13.2 Å². The van der Waals surface area contributed by atoms with E-state index in [1.54, 1.807) is 12.1 Å². The summed E-state index contributed by atoms with van der Waals surface area (Å²) in [5, 5.41) is 0.614. The number of rotatable bonds is 5. The Balaban J connectivity index is 1.35. The number of aromatic amines is 1. The molecule has 2 aromatic carbocycles. The van der Waals surface area contributed by atoms with Gasteiger partial charge in [-0.25, -0.2) is 9.37 Å². The molecule has 1 saturated heterocycles. The lowest BCUT2D eigenvalue weighted by Crippen LogP contribution is -2.45. The fourth-order valence-corrected chi connectivity index (χ4v) is 3.59. The van der Waals surface area contributed by atoms with Crippen LogP contribution in [0.2, 0.25) is 0 Å². The summed E-state index contributed by atoms with van der Waals surface area (Å²) in [6.07, 6.45) is 0. The highest BCUT2D eigenvalue weighted by atomic mass is 19.1. The van der Waals surface area contributed by atoms with Crippen LogP contribution in [0, 0.1) is 5.82 Å². The van der Waals surface area contributed by atoms with Gasteiger partial charge in [-0.15, -0.1) is 0 Å². The van der Waals surface area contributed by atoms with Gasteiger partial charge in [-0.05, 0) is 29.8 Å². The molecule has 7 heteroatoms. The van der Waals surface area contributed by atoms with E-state index in [2.05, 4.69) is 19.8 Å². The molecule has 1 aliphatic rings. The molecule has 0 bridgehead atoms. The third-order valence-electron chi connectivity index (χ3n) is 5.12. The van der Waals surface area contributed by atoms with Crippen molar-refractivity contribution in [3.63, 3.8) is 0 Å². The quantitative estimate of drug-likeness (QED) is 0.734. The van der Waals surface area contributed by atoms with Crippen LogP contribution >= 0.6 is 0 Å². The maximum atomic E-state index is 13.9. The van der Waals surface area contributed by atoms with Gasteiger partial charge in [0.2, 0.25) is 0 Å². The first-order valence-corrected chi connectivity index (χ1v) is 9.37. The predicted octanol–water partition coefficient (Wildman–Crippen LogP) is 2.39. The molecule has 4 rings (SSSR count). The number of benzene rings is 2. The van der Waals surface area contributed by atoms with E-state index in [0.29, 0.717) is 24.3 Å². The molecular formula is C21H23FN4O2. The molecule has 0 atom stereocenters. The molecule has 0 aliphatic carbocycles. The molecule has 146 valence electrons. The summed E-state index contributed by atoms with van der Waals surface area (Å²) >= 11 is 0. The number of methoxy groups -OCH3 is 1. The van der Waals surface area contributed by atoms with Gasteiger partial charge in [0.15, 0.2) is 11.6 Å². The molecule has 2 heterocycles. The zero-order chi connectivity index (χ0) is 19.5. The number of aromatic nitrogens is 2. The first kappa shape index (κ1) is 18.6. The van der Waals surface area contributed by atoms with Gasteiger partial charge in [0.05, 0.1) is 24.6 Å². The normalized spacial score (nSPS) is 15.8. The van der Waals surface area contributed by atoms with Crippen LogP contribution < -0.4 is 10.3 Å². The van der Waals surface area contributed by atoms with Gasteiger partial charge in [0.25, 0.3) is 5.56 Å². The first-order valence-electron chi connectivity index (χ1n) is 9.37. The number of hydrogen-bond acceptors (Lipinski definition) is 5. The van der Waals surface area contributed by atoms with Crippen LogP contribution in [0.3, 0.4) is 0 Å². The molecule has 3 aromatic rings. The topological polar surface area (TPSA) is 61.5 Å². The predicted molar refractivity (Wildman–Crippen MR) is 106 cm³/mol. The molecule has 1 aliphatic heterocycles. The van der Waals surface area contributed by atoms with Crippen molar-refractivity contribution in [3.05, 3.63) is 70.0 Å². The molecule has 1 fully saturated rings. The second-order valence-electron chi connectivity index (χ2n) is 7.05. The second kappa shape index (κ2) is 8.08. The van der Waals surface area contributed by atoms with Crippen molar-refractivity contribution in [1.82, 2.24) is 19.8 Å². The van der Waals surface area contributed by atoms with Gasteiger partial charge in [-0.1, -0.05) is 18.2 Å². The SMILES string of the molecule is COc1ccc(CN2CCN(Cc3nc4ccccc4c(=O)[nH]3)CC2)cc1F. The number of nitrogens with one attached hydrogen (secondary N) is 1. The summed E-state index contributed by atoms with van der Waals surface area (Å²) in [5.41, 5.74) is 1.56. The summed E-state index contributed by atoms with van der Waals surface area (Å²) in [7, 11) is 1.47. The van der Waals surface area contributed by atoms with E-state index in [1.807, 2.05) is 24.3 Å². The van der Waals surface area contributed by atoms with Gasteiger partial charge in [0, 0.05) is 32.7 Å². The van der Waals surface area contributed by atoms with Crippen molar-refractivity contribution in [2.24, 2.45) is 0 Å². The third-order valence-corrected chi connectivity index (χ3v) is 5.12. The average molecular weight is 382 g/mol. The number of H-pyrrole nitrogens is 1. The number of halogens is 1. The first-order chi connectivity index (χ1) is 13.6. The highest BCUT2D eigenvalue weighted by Crippen LogP contribution is 2.19. The van der Waals surface area contributed by atoms with E-state index in [0.717, 1.165) is 37.3 Å². The van der Waals surface area contributed by atoms with Gasteiger partial charge >= 0.3 is 0 Å². The molecule has 6 nitrogen and oxygen atoms in total. The summed E-state index contributed by atoms with van der Waals surface area (Å²) < 4.78 is 18.8. The maximum absolute atomic E-state index is 13.9. The van der Waals surface area contributed by atoms with Crippen LogP contribution in [-0.2, 0) is 13.1 Å². The highest BCUT2D eigenvalue weighted by Gasteiger charge is 2.18. The average Bonchev–Trinajstić information content (AvgIpc) is 2.70. The molecule has 0 saturated carbocycles. The minimum Gasteiger partial charge on any atom is -0.494 e.